The van der Waals surface area contributed by atoms with Gasteiger partial charge in [-0.3, -0.25) is 9.59 Å². The van der Waals surface area contributed by atoms with Crippen LogP contribution in [-0.4, -0.2) is 22.5 Å². The van der Waals surface area contributed by atoms with Gasteiger partial charge in [0.2, 0.25) is 0 Å². The Morgan fingerprint density at radius 1 is 1.15 bits per heavy atom. The Bertz CT molecular complexity index is 903. The molecule has 0 saturated carbocycles. The van der Waals surface area contributed by atoms with Crippen LogP contribution in [0.5, 0.6) is 0 Å². The normalized spacial score (nSPS) is 19.3. The molecule has 2 aromatic rings. The quantitative estimate of drug-likeness (QED) is 0.708. The Morgan fingerprint density at radius 2 is 1.85 bits per heavy atom. The zero-order chi connectivity index (χ0) is 19.6. The minimum atomic E-state index is -1.01. The van der Waals surface area contributed by atoms with E-state index in [1.165, 1.54) is 0 Å². The number of amides is 2. The van der Waals surface area contributed by atoms with E-state index in [2.05, 4.69) is 24.5 Å². The van der Waals surface area contributed by atoms with Gasteiger partial charge >= 0.3 is 0 Å². The molecule has 0 spiro atoms. The van der Waals surface area contributed by atoms with Crippen molar-refractivity contribution in [2.75, 3.05) is 5.32 Å². The van der Waals surface area contributed by atoms with Gasteiger partial charge in [-0.25, -0.2) is 0 Å². The van der Waals surface area contributed by atoms with Crippen LogP contribution in [0.3, 0.4) is 0 Å². The van der Waals surface area contributed by atoms with Gasteiger partial charge in [-0.1, -0.05) is 56.3 Å². The summed E-state index contributed by atoms with van der Waals surface area (Å²) in [5, 5.41) is 16.1. The van der Waals surface area contributed by atoms with Gasteiger partial charge in [-0.05, 0) is 36.1 Å². The van der Waals surface area contributed by atoms with Crippen LogP contribution in [0.4, 0.5) is 5.69 Å². The van der Waals surface area contributed by atoms with Crippen LogP contribution in [0.25, 0.3) is 0 Å². The zero-order valence-corrected chi connectivity index (χ0v) is 15.7. The van der Waals surface area contributed by atoms with E-state index in [9.17, 15) is 14.7 Å². The van der Waals surface area contributed by atoms with Crippen molar-refractivity contribution in [3.8, 4) is 0 Å². The number of nitrogens with one attached hydrogen (secondary N) is 2. The summed E-state index contributed by atoms with van der Waals surface area (Å²) in [6.45, 7) is 5.84. The maximum Gasteiger partial charge on any atom is 0.264 e. The van der Waals surface area contributed by atoms with Crippen molar-refractivity contribution in [2.24, 2.45) is 0 Å². The molecule has 5 heteroatoms. The van der Waals surface area contributed by atoms with Crippen molar-refractivity contribution in [1.29, 1.82) is 0 Å². The highest BCUT2D eigenvalue weighted by atomic mass is 16.3. The summed E-state index contributed by atoms with van der Waals surface area (Å²) >= 11 is 0. The Hall–Kier alpha value is -3.08. The smallest absolute Gasteiger partial charge is 0.264 e. The summed E-state index contributed by atoms with van der Waals surface area (Å²) in [6.07, 6.45) is 0.394. The number of aliphatic hydroxyl groups excluding tert-OH is 1. The van der Waals surface area contributed by atoms with Crippen LogP contribution in [0, 0.1) is 0 Å². The lowest BCUT2D eigenvalue weighted by molar-refractivity contribution is -0.121. The number of benzene rings is 2. The number of carbonyl (C=O) groups excluding carboxylic acids is 2. The Kier molecular flexibility index (Phi) is 5.04. The third kappa shape index (κ3) is 3.87. The minimum Gasteiger partial charge on any atom is -0.509 e. The SMILES string of the molecule is CC(C)c1cccc(NC(=O)C2=C(O)C(C)(Cc3ccccc3)NC2=O)c1. The second-order valence-electron chi connectivity index (χ2n) is 7.41. The highest BCUT2D eigenvalue weighted by Gasteiger charge is 2.44. The fourth-order valence-electron chi connectivity index (χ4n) is 3.27. The molecule has 0 radical (unpaired) electrons. The number of aliphatic hydroxyl groups is 1. The van der Waals surface area contributed by atoms with E-state index in [1.807, 2.05) is 48.5 Å². The summed E-state index contributed by atoms with van der Waals surface area (Å²) in [5.74, 6) is -1.08. The second-order valence-corrected chi connectivity index (χ2v) is 7.41. The van der Waals surface area contributed by atoms with E-state index >= 15 is 0 Å². The fraction of sp³-hybridized carbons (Fsp3) is 0.273. The zero-order valence-electron chi connectivity index (χ0n) is 15.7. The minimum absolute atomic E-state index is 0.228. The standard InChI is InChI=1S/C22H24N2O3/c1-14(2)16-10-7-11-17(12-16)23-20(26)18-19(25)22(3,24-21(18)27)13-15-8-5-4-6-9-15/h4-12,14,25H,13H2,1-3H3,(H,23,26)(H,24,27). The van der Waals surface area contributed by atoms with Crippen LogP contribution >= 0.6 is 0 Å². The molecule has 1 unspecified atom stereocenters. The molecule has 2 aromatic carbocycles. The topological polar surface area (TPSA) is 78.4 Å². The molecule has 3 N–H and O–H groups in total. The highest BCUT2D eigenvalue weighted by Crippen LogP contribution is 2.29. The highest BCUT2D eigenvalue weighted by molar-refractivity contribution is 6.24. The largest absolute Gasteiger partial charge is 0.509 e. The van der Waals surface area contributed by atoms with Gasteiger partial charge in [0.05, 0.1) is 5.54 Å². The number of rotatable bonds is 5. The first-order valence-corrected chi connectivity index (χ1v) is 9.01. The second kappa shape index (κ2) is 7.27. The van der Waals surface area contributed by atoms with E-state index < -0.39 is 17.4 Å². The lowest BCUT2D eigenvalue weighted by Gasteiger charge is -2.24. The van der Waals surface area contributed by atoms with Crippen LogP contribution in [0.1, 0.15) is 37.8 Å². The van der Waals surface area contributed by atoms with Gasteiger partial charge in [-0.2, -0.15) is 0 Å². The van der Waals surface area contributed by atoms with Crippen LogP contribution in [0.2, 0.25) is 0 Å². The molecule has 3 rings (SSSR count). The summed E-state index contributed by atoms with van der Waals surface area (Å²) < 4.78 is 0. The van der Waals surface area contributed by atoms with Crippen molar-refractivity contribution < 1.29 is 14.7 Å². The molecule has 0 aliphatic carbocycles. The van der Waals surface area contributed by atoms with Gasteiger partial charge in [0, 0.05) is 12.1 Å². The first kappa shape index (κ1) is 18.7. The van der Waals surface area contributed by atoms with Gasteiger partial charge in [-0.15, -0.1) is 0 Å². The molecule has 1 aliphatic heterocycles. The fourth-order valence-corrected chi connectivity index (χ4v) is 3.27. The van der Waals surface area contributed by atoms with Crippen LogP contribution in [-0.2, 0) is 16.0 Å². The molecular formula is C22H24N2O3. The summed E-state index contributed by atoms with van der Waals surface area (Å²) in [4.78, 5) is 25.1. The van der Waals surface area contributed by atoms with Gasteiger partial charge in [0.25, 0.3) is 11.8 Å². The summed E-state index contributed by atoms with van der Waals surface area (Å²) in [6, 6.07) is 17.0. The third-order valence-corrected chi connectivity index (χ3v) is 4.81. The molecule has 1 heterocycles. The molecule has 140 valence electrons. The average molecular weight is 364 g/mol. The van der Waals surface area contributed by atoms with E-state index in [1.54, 1.807) is 13.0 Å². The number of hydrogen-bond acceptors (Lipinski definition) is 3. The first-order chi connectivity index (χ1) is 12.8. The third-order valence-electron chi connectivity index (χ3n) is 4.81. The van der Waals surface area contributed by atoms with Crippen molar-refractivity contribution in [3.63, 3.8) is 0 Å². The predicted octanol–water partition coefficient (Wildman–Crippen LogP) is 3.69. The van der Waals surface area contributed by atoms with Crippen molar-refractivity contribution in [2.45, 2.75) is 38.6 Å². The van der Waals surface area contributed by atoms with Crippen molar-refractivity contribution >= 4 is 17.5 Å². The van der Waals surface area contributed by atoms with Gasteiger partial charge in [0.1, 0.15) is 11.3 Å². The molecule has 1 atom stereocenters. The summed E-state index contributed by atoms with van der Waals surface area (Å²) in [5.41, 5.74) is 1.39. The summed E-state index contributed by atoms with van der Waals surface area (Å²) in [7, 11) is 0. The monoisotopic (exact) mass is 364 g/mol. The molecule has 0 fully saturated rings. The van der Waals surface area contributed by atoms with E-state index in [0.717, 1.165) is 11.1 Å². The van der Waals surface area contributed by atoms with Crippen LogP contribution in [0.15, 0.2) is 65.9 Å². The molecule has 0 aromatic heterocycles. The number of anilines is 1. The Labute approximate surface area is 159 Å². The molecule has 5 nitrogen and oxygen atoms in total. The molecule has 1 aliphatic rings. The molecular weight excluding hydrogens is 340 g/mol. The van der Waals surface area contributed by atoms with Crippen molar-refractivity contribution in [1.82, 2.24) is 5.32 Å². The average Bonchev–Trinajstić information content (AvgIpc) is 2.84. The molecule has 0 saturated heterocycles. The molecule has 0 bridgehead atoms. The van der Waals surface area contributed by atoms with Gasteiger partial charge < -0.3 is 15.7 Å². The van der Waals surface area contributed by atoms with Crippen molar-refractivity contribution in [3.05, 3.63) is 77.1 Å². The lowest BCUT2D eigenvalue weighted by Crippen LogP contribution is -2.43. The van der Waals surface area contributed by atoms with E-state index in [4.69, 9.17) is 0 Å². The van der Waals surface area contributed by atoms with E-state index in [0.29, 0.717) is 18.0 Å². The van der Waals surface area contributed by atoms with E-state index in [-0.39, 0.29) is 11.3 Å². The molecule has 2 amide bonds. The maximum atomic E-state index is 12.7. The number of carbonyl (C=O) groups is 2. The van der Waals surface area contributed by atoms with Gasteiger partial charge in [0.15, 0.2) is 0 Å². The first-order valence-electron chi connectivity index (χ1n) is 9.01. The Morgan fingerprint density at radius 3 is 2.52 bits per heavy atom. The maximum absolute atomic E-state index is 12.7. The number of hydrogen-bond donors (Lipinski definition) is 3. The Balaban J connectivity index is 1.84. The predicted molar refractivity (Wildman–Crippen MR) is 106 cm³/mol. The molecule has 27 heavy (non-hydrogen) atoms. The van der Waals surface area contributed by atoms with Crippen LogP contribution < -0.4 is 10.6 Å². The lowest BCUT2D eigenvalue weighted by atomic mass is 9.91.